The Morgan fingerprint density at radius 3 is 2.72 bits per heavy atom. The van der Waals surface area contributed by atoms with E-state index in [0.717, 1.165) is 30.6 Å². The van der Waals surface area contributed by atoms with Crippen LogP contribution in [0.25, 0.3) is 6.08 Å². The second-order valence-corrected chi connectivity index (χ2v) is 7.90. The van der Waals surface area contributed by atoms with Gasteiger partial charge in [0.25, 0.3) is 5.91 Å². The molecule has 1 unspecified atom stereocenters. The number of allylic oxidation sites excluding steroid dienone is 1. The summed E-state index contributed by atoms with van der Waals surface area (Å²) >= 11 is 0. The maximum atomic E-state index is 14.5. The molecule has 5 nitrogen and oxygen atoms in total. The zero-order valence-electron chi connectivity index (χ0n) is 16.2. The van der Waals surface area contributed by atoms with Crippen molar-refractivity contribution in [1.82, 2.24) is 4.90 Å². The average Bonchev–Trinajstić information content (AvgIpc) is 3.38. The van der Waals surface area contributed by atoms with Crippen molar-refractivity contribution in [2.45, 2.75) is 24.8 Å². The molecule has 6 heteroatoms. The molecule has 2 aliphatic heterocycles. The summed E-state index contributed by atoms with van der Waals surface area (Å²) in [6, 6.07) is 10.4. The van der Waals surface area contributed by atoms with Gasteiger partial charge in [0.15, 0.2) is 11.5 Å². The molecule has 2 aromatic carbocycles. The number of carbonyl (C=O) groups excluding carboxylic acids is 1. The number of rotatable bonds is 4. The van der Waals surface area contributed by atoms with Gasteiger partial charge in [0, 0.05) is 19.0 Å². The van der Waals surface area contributed by atoms with Crippen LogP contribution in [-0.2, 0) is 16.8 Å². The highest BCUT2D eigenvalue weighted by atomic mass is 19.1. The van der Waals surface area contributed by atoms with Crippen LogP contribution in [0.4, 0.5) is 4.39 Å². The highest BCUT2D eigenvalue weighted by Crippen LogP contribution is 2.42. The number of nitrogens with two attached hydrogens (primary N) is 1. The summed E-state index contributed by atoms with van der Waals surface area (Å²) in [5.41, 5.74) is 7.52. The molecule has 0 bridgehead atoms. The van der Waals surface area contributed by atoms with Crippen LogP contribution in [0, 0.1) is 11.7 Å². The second-order valence-electron chi connectivity index (χ2n) is 7.90. The molecule has 3 aliphatic rings. The molecule has 148 valence electrons. The number of likely N-dealkylation sites (N-methyl/N-ethyl adjacent to an activating group) is 1. The third-order valence-electron chi connectivity index (χ3n) is 5.93. The van der Waals surface area contributed by atoms with E-state index in [2.05, 4.69) is 4.99 Å². The van der Waals surface area contributed by atoms with Crippen LogP contribution in [0.3, 0.4) is 0 Å². The number of guanidine groups is 1. The topological polar surface area (TPSA) is 67.9 Å². The number of benzene rings is 2. The van der Waals surface area contributed by atoms with Gasteiger partial charge in [0.1, 0.15) is 11.6 Å². The average molecular weight is 391 g/mol. The Morgan fingerprint density at radius 1 is 1.24 bits per heavy atom. The summed E-state index contributed by atoms with van der Waals surface area (Å²) in [6.07, 6.45) is 6.89. The monoisotopic (exact) mass is 391 g/mol. The third-order valence-corrected chi connectivity index (χ3v) is 5.93. The number of carbonyl (C=O) groups is 1. The fourth-order valence-electron chi connectivity index (χ4n) is 4.02. The number of amides is 1. The molecule has 2 N–H and O–H groups in total. The van der Waals surface area contributed by atoms with Gasteiger partial charge in [0.05, 0.1) is 6.61 Å². The highest BCUT2D eigenvalue weighted by Gasteiger charge is 2.50. The lowest BCUT2D eigenvalue weighted by Crippen LogP contribution is -2.41. The fraction of sp³-hybridized carbons (Fsp3) is 0.304. The number of halogens is 1. The van der Waals surface area contributed by atoms with E-state index >= 15 is 0 Å². The second kappa shape index (κ2) is 6.44. The first kappa shape index (κ1) is 17.9. The van der Waals surface area contributed by atoms with Gasteiger partial charge in [-0.05, 0) is 59.7 Å². The van der Waals surface area contributed by atoms with Crippen LogP contribution in [0.1, 0.15) is 35.1 Å². The lowest BCUT2D eigenvalue weighted by atomic mass is 9.81. The maximum Gasteiger partial charge on any atom is 0.266 e. The first-order valence-corrected chi connectivity index (χ1v) is 9.87. The Hall–Kier alpha value is -3.15. The molecule has 1 amide bonds. The van der Waals surface area contributed by atoms with E-state index in [4.69, 9.17) is 10.5 Å². The molecule has 0 aromatic heterocycles. The number of hydrogen-bond acceptors (Lipinski definition) is 4. The van der Waals surface area contributed by atoms with Crippen LogP contribution >= 0.6 is 0 Å². The standard InChI is InChI=1S/C23H22FN3O2/c1-27-21(28)23(26-22(27)25,18-7-9-20-16(13-18)10-11-29-20)17-6-8-19(24)15(12-17)5-4-14-2-3-14/h4-9,12-14H,2-3,10-11H2,1H3,(H2,25,26)/b5-4+. The lowest BCUT2D eigenvalue weighted by Gasteiger charge is -2.27. The van der Waals surface area contributed by atoms with E-state index < -0.39 is 5.54 Å². The van der Waals surface area contributed by atoms with E-state index in [1.54, 1.807) is 25.3 Å². The zero-order valence-corrected chi connectivity index (χ0v) is 16.2. The maximum absolute atomic E-state index is 14.5. The predicted octanol–water partition coefficient (Wildman–Crippen LogP) is 3.21. The van der Waals surface area contributed by atoms with Crippen molar-refractivity contribution < 1.29 is 13.9 Å². The summed E-state index contributed by atoms with van der Waals surface area (Å²) in [7, 11) is 1.61. The summed E-state index contributed by atoms with van der Waals surface area (Å²) in [5, 5.41) is 0. The normalized spacial score (nSPS) is 23.4. The van der Waals surface area contributed by atoms with Gasteiger partial charge in [-0.1, -0.05) is 24.3 Å². The molecule has 0 spiro atoms. The van der Waals surface area contributed by atoms with Gasteiger partial charge in [0.2, 0.25) is 0 Å². The van der Waals surface area contributed by atoms with Crippen molar-refractivity contribution in [3.8, 4) is 5.75 Å². The first-order chi connectivity index (χ1) is 14.0. The van der Waals surface area contributed by atoms with Crippen LogP contribution in [0.2, 0.25) is 0 Å². The number of nitrogens with zero attached hydrogens (tertiary/aromatic N) is 2. The van der Waals surface area contributed by atoms with Gasteiger partial charge in [-0.25, -0.2) is 9.38 Å². The SMILES string of the molecule is CN1C(=O)C(c2ccc(F)c(/C=C/C3CC3)c2)(c2ccc3c(c2)CCO3)N=C1N. The minimum Gasteiger partial charge on any atom is -0.493 e. The van der Waals surface area contributed by atoms with Crippen LogP contribution in [0.15, 0.2) is 47.5 Å². The van der Waals surface area contributed by atoms with E-state index in [1.807, 2.05) is 24.3 Å². The number of ether oxygens (including phenoxy) is 1. The molecule has 1 atom stereocenters. The van der Waals surface area contributed by atoms with Gasteiger partial charge >= 0.3 is 0 Å². The van der Waals surface area contributed by atoms with Crippen LogP contribution < -0.4 is 10.5 Å². The van der Waals surface area contributed by atoms with E-state index in [-0.39, 0.29) is 17.7 Å². The number of fused-ring (bicyclic) bond motifs is 1. The minimum atomic E-state index is -1.33. The number of aliphatic imine (C=N–C) groups is 1. The largest absolute Gasteiger partial charge is 0.493 e. The van der Waals surface area contributed by atoms with Gasteiger partial charge in [-0.2, -0.15) is 0 Å². The predicted molar refractivity (Wildman–Crippen MR) is 109 cm³/mol. The third kappa shape index (κ3) is 2.82. The van der Waals surface area contributed by atoms with Gasteiger partial charge in [-0.15, -0.1) is 0 Å². The lowest BCUT2D eigenvalue weighted by molar-refractivity contribution is -0.129. The fourth-order valence-corrected chi connectivity index (χ4v) is 4.02. The molecular formula is C23H22FN3O2. The van der Waals surface area contributed by atoms with Crippen molar-refractivity contribution in [1.29, 1.82) is 0 Å². The molecule has 2 heterocycles. The minimum absolute atomic E-state index is 0.145. The molecule has 0 radical (unpaired) electrons. The molecule has 2 aromatic rings. The molecular weight excluding hydrogens is 369 g/mol. The zero-order chi connectivity index (χ0) is 20.2. The summed E-state index contributed by atoms with van der Waals surface area (Å²) in [6.45, 7) is 0.623. The van der Waals surface area contributed by atoms with Crippen LogP contribution in [-0.4, -0.2) is 30.4 Å². The smallest absolute Gasteiger partial charge is 0.266 e. The van der Waals surface area contributed by atoms with E-state index in [0.29, 0.717) is 29.2 Å². The molecule has 1 aliphatic carbocycles. The Balaban J connectivity index is 1.68. The van der Waals surface area contributed by atoms with Gasteiger partial charge < -0.3 is 10.5 Å². The first-order valence-electron chi connectivity index (χ1n) is 9.87. The Labute approximate surface area is 168 Å². The van der Waals surface area contributed by atoms with E-state index in [9.17, 15) is 9.18 Å². The van der Waals surface area contributed by atoms with Gasteiger partial charge in [-0.3, -0.25) is 9.69 Å². The van der Waals surface area contributed by atoms with Crippen molar-refractivity contribution in [2.24, 2.45) is 16.6 Å². The quantitative estimate of drug-likeness (QED) is 0.870. The Bertz CT molecular complexity index is 1070. The molecule has 29 heavy (non-hydrogen) atoms. The van der Waals surface area contributed by atoms with E-state index in [1.165, 1.54) is 11.0 Å². The Morgan fingerprint density at radius 2 is 2.00 bits per heavy atom. The molecule has 5 rings (SSSR count). The van der Waals surface area contributed by atoms with Crippen molar-refractivity contribution in [2.75, 3.05) is 13.7 Å². The molecule has 1 fully saturated rings. The van der Waals surface area contributed by atoms with Crippen LogP contribution in [0.5, 0.6) is 5.75 Å². The molecule has 1 saturated carbocycles. The van der Waals surface area contributed by atoms with Crippen molar-refractivity contribution >= 4 is 17.9 Å². The Kier molecular flexibility index (Phi) is 3.98. The summed E-state index contributed by atoms with van der Waals surface area (Å²) in [5.74, 6) is 0.922. The summed E-state index contributed by atoms with van der Waals surface area (Å²) in [4.78, 5) is 19.4. The van der Waals surface area contributed by atoms with Crippen molar-refractivity contribution in [3.63, 3.8) is 0 Å². The number of hydrogen-bond donors (Lipinski definition) is 1. The molecule has 0 saturated heterocycles. The van der Waals surface area contributed by atoms with Crippen molar-refractivity contribution in [3.05, 3.63) is 70.5 Å². The highest BCUT2D eigenvalue weighted by molar-refractivity contribution is 6.09. The summed E-state index contributed by atoms with van der Waals surface area (Å²) < 4.78 is 20.1.